The molecule has 0 aromatic heterocycles. The van der Waals surface area contributed by atoms with E-state index in [-0.39, 0.29) is 5.70 Å². The van der Waals surface area contributed by atoms with Crippen LogP contribution >= 0.6 is 15.9 Å². The van der Waals surface area contributed by atoms with Crippen LogP contribution in [0, 0.1) is 0 Å². The molecular weight excluding hydrogens is 412 g/mol. The molecule has 6 nitrogen and oxygen atoms in total. The Morgan fingerprint density at radius 1 is 1.04 bits per heavy atom. The van der Waals surface area contributed by atoms with Crippen molar-refractivity contribution in [1.29, 1.82) is 0 Å². The molecule has 2 aromatic carbocycles. The summed E-state index contributed by atoms with van der Waals surface area (Å²) in [5.41, 5.74) is 1.25. The topological polar surface area (TPSA) is 84.5 Å². The highest BCUT2D eigenvalue weighted by Gasteiger charge is 2.21. The molecule has 0 radical (unpaired) electrons. The van der Waals surface area contributed by atoms with E-state index in [2.05, 4.69) is 26.6 Å². The fourth-order valence-electron chi connectivity index (χ4n) is 2.11. The van der Waals surface area contributed by atoms with Crippen molar-refractivity contribution in [2.45, 2.75) is 20.0 Å². The summed E-state index contributed by atoms with van der Waals surface area (Å²) >= 11 is 3.31. The summed E-state index contributed by atoms with van der Waals surface area (Å²) in [5.74, 6) is -1.69. The van der Waals surface area contributed by atoms with Gasteiger partial charge in [0.05, 0.1) is 0 Å². The van der Waals surface area contributed by atoms with E-state index in [9.17, 15) is 14.4 Å². The summed E-state index contributed by atoms with van der Waals surface area (Å²) in [4.78, 5) is 36.0. The number of carbonyl (C=O) groups excluding carboxylic acids is 3. The quantitative estimate of drug-likeness (QED) is 0.542. The zero-order valence-corrected chi connectivity index (χ0v) is 16.4. The molecule has 0 saturated heterocycles. The van der Waals surface area contributed by atoms with Crippen LogP contribution in [0.5, 0.6) is 0 Å². The average molecular weight is 431 g/mol. The fraction of sp³-hybridized carbons (Fsp3) is 0.150. The van der Waals surface area contributed by atoms with Gasteiger partial charge in [-0.15, -0.1) is 0 Å². The molecule has 2 rings (SSSR count). The molecule has 0 heterocycles. The van der Waals surface area contributed by atoms with Crippen molar-refractivity contribution in [2.24, 2.45) is 0 Å². The number of benzene rings is 2. The van der Waals surface area contributed by atoms with E-state index in [0.29, 0.717) is 11.3 Å². The lowest BCUT2D eigenvalue weighted by atomic mass is 10.2. The van der Waals surface area contributed by atoms with Crippen LogP contribution in [0.2, 0.25) is 0 Å². The second kappa shape index (κ2) is 9.68. The largest absolute Gasteiger partial charge is 0.448 e. The van der Waals surface area contributed by atoms with Gasteiger partial charge in [-0.1, -0.05) is 46.3 Å². The molecule has 1 unspecified atom stereocenters. The second-order valence-corrected chi connectivity index (χ2v) is 6.61. The summed E-state index contributed by atoms with van der Waals surface area (Å²) in [6, 6.07) is 16.0. The van der Waals surface area contributed by atoms with E-state index in [1.165, 1.54) is 19.9 Å². The molecule has 1 atom stereocenters. The number of hydrogen-bond acceptors (Lipinski definition) is 4. The number of anilines is 1. The first-order valence-electron chi connectivity index (χ1n) is 8.17. The van der Waals surface area contributed by atoms with E-state index in [0.717, 1.165) is 4.47 Å². The Morgan fingerprint density at radius 3 is 2.26 bits per heavy atom. The molecule has 0 bridgehead atoms. The molecule has 0 aliphatic heterocycles. The molecule has 0 spiro atoms. The van der Waals surface area contributed by atoms with E-state index >= 15 is 0 Å². The van der Waals surface area contributed by atoms with Gasteiger partial charge in [-0.05, 0) is 42.8 Å². The van der Waals surface area contributed by atoms with Crippen LogP contribution in [0.4, 0.5) is 5.69 Å². The monoisotopic (exact) mass is 430 g/mol. The maximum Gasteiger partial charge on any atom is 0.355 e. The van der Waals surface area contributed by atoms with Gasteiger partial charge < -0.3 is 15.4 Å². The second-order valence-electron chi connectivity index (χ2n) is 5.69. The van der Waals surface area contributed by atoms with Crippen molar-refractivity contribution in [2.75, 3.05) is 5.32 Å². The Kier molecular flexibility index (Phi) is 7.31. The number of halogens is 1. The number of esters is 1. The highest BCUT2D eigenvalue weighted by atomic mass is 79.9. The minimum absolute atomic E-state index is 0.0445. The molecule has 27 heavy (non-hydrogen) atoms. The Hall–Kier alpha value is -2.93. The molecular formula is C20H19BrN2O4. The summed E-state index contributed by atoms with van der Waals surface area (Å²) in [6.45, 7) is 2.75. The summed E-state index contributed by atoms with van der Waals surface area (Å²) in [5, 5.41) is 5.10. The first-order chi connectivity index (χ1) is 12.8. The van der Waals surface area contributed by atoms with Gasteiger partial charge in [-0.25, -0.2) is 4.79 Å². The number of hydrogen-bond donors (Lipinski definition) is 2. The molecule has 2 N–H and O–H groups in total. The third-order valence-electron chi connectivity index (χ3n) is 3.41. The molecule has 7 heteroatoms. The first-order valence-corrected chi connectivity index (χ1v) is 8.96. The highest BCUT2D eigenvalue weighted by Crippen LogP contribution is 2.15. The summed E-state index contributed by atoms with van der Waals surface area (Å²) in [7, 11) is 0. The zero-order valence-electron chi connectivity index (χ0n) is 14.9. The van der Waals surface area contributed by atoms with Gasteiger partial charge in [0.15, 0.2) is 6.10 Å². The fourth-order valence-corrected chi connectivity index (χ4v) is 2.37. The SMILES string of the molecule is CC(=O)N/C(=C\c1ccccc1)C(=O)OC(C)C(=O)Nc1ccc(Br)cc1. The number of ether oxygens (including phenoxy) is 1. The number of amides is 2. The minimum Gasteiger partial charge on any atom is -0.448 e. The molecule has 140 valence electrons. The smallest absolute Gasteiger partial charge is 0.355 e. The Morgan fingerprint density at radius 2 is 1.67 bits per heavy atom. The summed E-state index contributed by atoms with van der Waals surface area (Å²) < 4.78 is 6.08. The third-order valence-corrected chi connectivity index (χ3v) is 3.93. The number of carbonyl (C=O) groups is 3. The third kappa shape index (κ3) is 6.71. The lowest BCUT2D eigenvalue weighted by Gasteiger charge is -2.15. The van der Waals surface area contributed by atoms with Crippen LogP contribution in [0.25, 0.3) is 6.08 Å². The minimum atomic E-state index is -1.05. The van der Waals surface area contributed by atoms with Gasteiger partial charge in [0.1, 0.15) is 5.70 Å². The normalized spacial score (nSPS) is 12.0. The lowest BCUT2D eigenvalue weighted by molar-refractivity contribution is -0.149. The standard InChI is InChI=1S/C20H19BrN2O4/c1-13(19(25)23-17-10-8-16(21)9-11-17)27-20(26)18(22-14(2)24)12-15-6-4-3-5-7-15/h3-13H,1-2H3,(H,22,24)(H,23,25)/b18-12-. The van der Waals surface area contributed by atoms with Gasteiger partial charge in [0.25, 0.3) is 5.91 Å². The molecule has 2 amide bonds. The van der Waals surface area contributed by atoms with Gasteiger partial charge >= 0.3 is 5.97 Å². The van der Waals surface area contributed by atoms with Gasteiger partial charge in [-0.2, -0.15) is 0 Å². The summed E-state index contributed by atoms with van der Waals surface area (Å²) in [6.07, 6.45) is 0.442. The Labute approximate surface area is 165 Å². The first kappa shape index (κ1) is 20.4. The van der Waals surface area contributed by atoms with Crippen molar-refractivity contribution in [3.05, 3.63) is 70.3 Å². The van der Waals surface area contributed by atoms with E-state index < -0.39 is 23.9 Å². The number of nitrogens with one attached hydrogen (secondary N) is 2. The van der Waals surface area contributed by atoms with Crippen LogP contribution in [0.1, 0.15) is 19.4 Å². The number of rotatable bonds is 6. The van der Waals surface area contributed by atoms with Crippen molar-refractivity contribution >= 4 is 45.5 Å². The average Bonchev–Trinajstić information content (AvgIpc) is 2.63. The van der Waals surface area contributed by atoms with Crippen LogP contribution < -0.4 is 10.6 Å². The predicted octanol–water partition coefficient (Wildman–Crippen LogP) is 3.50. The predicted molar refractivity (Wildman–Crippen MR) is 107 cm³/mol. The van der Waals surface area contributed by atoms with E-state index in [1.807, 2.05) is 6.07 Å². The maximum absolute atomic E-state index is 12.4. The molecule has 0 fully saturated rings. The lowest BCUT2D eigenvalue weighted by Crippen LogP contribution is -2.33. The molecule has 0 aliphatic rings. The van der Waals surface area contributed by atoms with Crippen LogP contribution in [-0.4, -0.2) is 23.9 Å². The van der Waals surface area contributed by atoms with Crippen molar-refractivity contribution in [3.63, 3.8) is 0 Å². The van der Waals surface area contributed by atoms with Crippen LogP contribution in [0.15, 0.2) is 64.8 Å². The van der Waals surface area contributed by atoms with Gasteiger partial charge in [0, 0.05) is 17.1 Å². The van der Waals surface area contributed by atoms with Crippen molar-refractivity contribution in [3.8, 4) is 0 Å². The highest BCUT2D eigenvalue weighted by molar-refractivity contribution is 9.10. The van der Waals surface area contributed by atoms with E-state index in [1.54, 1.807) is 48.5 Å². The van der Waals surface area contributed by atoms with Crippen LogP contribution in [0.3, 0.4) is 0 Å². The van der Waals surface area contributed by atoms with Crippen molar-refractivity contribution < 1.29 is 19.1 Å². The van der Waals surface area contributed by atoms with E-state index in [4.69, 9.17) is 4.74 Å². The molecule has 2 aromatic rings. The van der Waals surface area contributed by atoms with Gasteiger partial charge in [0.2, 0.25) is 5.91 Å². The Bertz CT molecular complexity index is 848. The zero-order chi connectivity index (χ0) is 19.8. The van der Waals surface area contributed by atoms with Crippen LogP contribution in [-0.2, 0) is 19.1 Å². The van der Waals surface area contributed by atoms with Gasteiger partial charge in [-0.3, -0.25) is 9.59 Å². The molecule has 0 aliphatic carbocycles. The maximum atomic E-state index is 12.4. The molecule has 0 saturated carbocycles. The Balaban J connectivity index is 2.06. The van der Waals surface area contributed by atoms with Crippen molar-refractivity contribution in [1.82, 2.24) is 5.32 Å².